The van der Waals surface area contributed by atoms with Crippen molar-refractivity contribution in [2.24, 2.45) is 4.99 Å². The molecule has 2 aliphatic rings. The number of amides is 1. The number of hydrogen-bond donors (Lipinski definition) is 2. The van der Waals surface area contributed by atoms with Crippen LogP contribution < -0.4 is 62.0 Å². The number of aryl methyl sites for hydroxylation is 1. The van der Waals surface area contributed by atoms with E-state index in [4.69, 9.17) is 0 Å². The van der Waals surface area contributed by atoms with Gasteiger partial charge in [0.15, 0.2) is 0 Å². The average molecular weight is 426 g/mol. The van der Waals surface area contributed by atoms with E-state index in [-0.39, 0.29) is 63.3 Å². The van der Waals surface area contributed by atoms with E-state index in [1.54, 1.807) is 18.6 Å². The molecule has 2 N–H and O–H groups in total. The second-order valence-corrected chi connectivity index (χ2v) is 7.46. The van der Waals surface area contributed by atoms with Crippen molar-refractivity contribution >= 4 is 23.5 Å². The van der Waals surface area contributed by atoms with Crippen molar-refractivity contribution in [2.45, 2.75) is 38.8 Å². The Bertz CT molecular complexity index is 1010. The molecule has 2 aromatic rings. The molecule has 30 heavy (non-hydrogen) atoms. The average Bonchev–Trinajstić information content (AvgIpc) is 3.51. The molecule has 1 aliphatic heterocycles. The van der Waals surface area contributed by atoms with Crippen molar-refractivity contribution < 1.29 is 60.8 Å². The second kappa shape index (κ2) is 10.5. The molecule has 1 aromatic carbocycles. The topological polar surface area (TPSA) is 69.4 Å². The summed E-state index contributed by atoms with van der Waals surface area (Å²) in [7, 11) is 0. The number of nitrogens with zero attached hydrogens (tertiary/aromatic N) is 3. The molecule has 2 heterocycles. The molecule has 0 bridgehead atoms. The number of hydrogen-bond acceptors (Lipinski definition) is 4. The van der Waals surface area contributed by atoms with Crippen molar-refractivity contribution in [3.8, 4) is 0 Å². The first kappa shape index (κ1) is 22.9. The van der Waals surface area contributed by atoms with Gasteiger partial charge in [0.05, 0.1) is 24.0 Å². The standard InChI is InChI=1S/C23H24N5O.K/c1-16-10-19(13-24-12-16)23(29)27-20-5-3-4-18(11-20)17(2)25-8-9-26-21-14-28(15-21)22-6-7-22;/h3-5,9-15,17,22,25H,6-7H2,1-2H3,(H,27,29);/q-1;+1. The van der Waals surface area contributed by atoms with Gasteiger partial charge in [-0.15, -0.1) is 6.20 Å². The van der Waals surface area contributed by atoms with Crippen molar-refractivity contribution in [3.63, 3.8) is 0 Å². The van der Waals surface area contributed by atoms with E-state index in [1.807, 2.05) is 44.2 Å². The number of pyridine rings is 1. The zero-order chi connectivity index (χ0) is 20.2. The van der Waals surface area contributed by atoms with Gasteiger partial charge >= 0.3 is 51.4 Å². The number of carbonyl (C=O) groups excluding carboxylic acids is 1. The Morgan fingerprint density at radius 1 is 1.37 bits per heavy atom. The third kappa shape index (κ3) is 6.12. The number of rotatable bonds is 7. The molecule has 1 amide bonds. The summed E-state index contributed by atoms with van der Waals surface area (Å²) in [4.78, 5) is 20.8. The third-order valence-corrected chi connectivity index (χ3v) is 4.89. The number of aromatic nitrogens is 1. The normalized spacial score (nSPS) is 17.4. The van der Waals surface area contributed by atoms with Gasteiger partial charge in [-0.2, -0.15) is 0 Å². The van der Waals surface area contributed by atoms with Gasteiger partial charge in [0.2, 0.25) is 0 Å². The molecule has 1 aromatic heterocycles. The molecule has 6 nitrogen and oxygen atoms in total. The molecule has 1 aliphatic carbocycles. The molecule has 4 rings (SSSR count). The molecular formula is C23H24KN5O. The van der Waals surface area contributed by atoms with E-state index >= 15 is 0 Å². The maximum Gasteiger partial charge on any atom is 1.00 e. The van der Waals surface area contributed by atoms with Gasteiger partial charge < -0.3 is 26.4 Å². The van der Waals surface area contributed by atoms with Crippen molar-refractivity contribution in [3.05, 3.63) is 78.4 Å². The van der Waals surface area contributed by atoms with Crippen LogP contribution in [0.3, 0.4) is 0 Å². The Labute approximate surface area is 220 Å². The predicted octanol–water partition coefficient (Wildman–Crippen LogP) is 0.433. The number of benzene rings is 1. The van der Waals surface area contributed by atoms with Crippen LogP contribution in [0.1, 0.15) is 47.3 Å². The minimum atomic E-state index is -0.172. The van der Waals surface area contributed by atoms with E-state index in [9.17, 15) is 4.79 Å². The summed E-state index contributed by atoms with van der Waals surface area (Å²) in [6.45, 7) is 6.02. The predicted molar refractivity (Wildman–Crippen MR) is 114 cm³/mol. The maximum absolute atomic E-state index is 12.4. The van der Waals surface area contributed by atoms with Gasteiger partial charge in [-0.3, -0.25) is 9.78 Å². The summed E-state index contributed by atoms with van der Waals surface area (Å²) >= 11 is 0. The molecule has 148 valence electrons. The molecule has 1 atom stereocenters. The van der Waals surface area contributed by atoms with E-state index in [0.717, 1.165) is 22.5 Å². The molecule has 7 heteroatoms. The van der Waals surface area contributed by atoms with Crippen LogP contribution in [0.2, 0.25) is 0 Å². The first-order valence-electron chi connectivity index (χ1n) is 9.79. The number of anilines is 1. The van der Waals surface area contributed by atoms with E-state index < -0.39 is 0 Å². The van der Waals surface area contributed by atoms with Gasteiger partial charge in [-0.25, -0.2) is 0 Å². The van der Waals surface area contributed by atoms with Crippen molar-refractivity contribution in [1.29, 1.82) is 0 Å². The zero-order valence-corrected chi connectivity index (χ0v) is 20.7. The Hall–Kier alpha value is -1.77. The van der Waals surface area contributed by atoms with E-state index in [0.29, 0.717) is 11.6 Å². The first-order chi connectivity index (χ1) is 14.1. The molecular weight excluding hydrogens is 401 g/mol. The van der Waals surface area contributed by atoms with Gasteiger partial charge in [-0.05, 0) is 43.2 Å². The number of nitrogens with one attached hydrogen (secondary N) is 2. The summed E-state index contributed by atoms with van der Waals surface area (Å²) in [6.07, 6.45) is 12.6. The van der Waals surface area contributed by atoms with E-state index in [2.05, 4.69) is 44.1 Å². The van der Waals surface area contributed by atoms with Crippen LogP contribution in [-0.4, -0.2) is 33.4 Å². The van der Waals surface area contributed by atoms with Crippen LogP contribution in [0.25, 0.3) is 0 Å². The summed E-state index contributed by atoms with van der Waals surface area (Å²) in [5, 5.41) is 6.12. The fraction of sp³-hybridized carbons (Fsp3) is 0.261. The summed E-state index contributed by atoms with van der Waals surface area (Å²) < 4.78 is 2.22. The SMILES string of the molecule is Cc1cncc(C(=O)Nc2cccc(C(C)N[C-]=CN=C3C=[N+](C4CC4)[CH-]3)c2)c1.[K+]. The first-order valence-corrected chi connectivity index (χ1v) is 9.79. The van der Waals surface area contributed by atoms with Gasteiger partial charge in [0.25, 0.3) is 5.91 Å². The van der Waals surface area contributed by atoms with Crippen LogP contribution in [-0.2, 0) is 0 Å². The van der Waals surface area contributed by atoms with Gasteiger partial charge in [-0.1, -0.05) is 12.1 Å². The smallest absolute Gasteiger partial charge is 0.560 e. The Morgan fingerprint density at radius 2 is 2.17 bits per heavy atom. The molecule has 0 saturated heterocycles. The Kier molecular flexibility index (Phi) is 8.02. The fourth-order valence-electron chi connectivity index (χ4n) is 3.06. The Balaban J connectivity index is 0.00000256. The number of carbonyl (C=O) groups is 1. The monoisotopic (exact) mass is 425 g/mol. The Morgan fingerprint density at radius 3 is 2.90 bits per heavy atom. The third-order valence-electron chi connectivity index (χ3n) is 4.89. The fourth-order valence-corrected chi connectivity index (χ4v) is 3.06. The van der Waals surface area contributed by atoms with Crippen LogP contribution in [0.15, 0.2) is 53.9 Å². The molecule has 1 fully saturated rings. The van der Waals surface area contributed by atoms with Crippen LogP contribution in [0.5, 0.6) is 0 Å². The maximum atomic E-state index is 12.4. The van der Waals surface area contributed by atoms with Gasteiger partial charge in [0, 0.05) is 37.0 Å². The summed E-state index contributed by atoms with van der Waals surface area (Å²) in [5.41, 5.74) is 4.24. The molecule has 1 unspecified atom stereocenters. The minimum absolute atomic E-state index is 0. The zero-order valence-electron chi connectivity index (χ0n) is 17.6. The summed E-state index contributed by atoms with van der Waals surface area (Å²) in [6, 6.07) is 10.3. The molecule has 1 saturated carbocycles. The number of aliphatic imine (C=N–C) groups is 1. The molecule has 0 spiro atoms. The second-order valence-electron chi connectivity index (χ2n) is 7.46. The van der Waals surface area contributed by atoms with Crippen LogP contribution >= 0.6 is 0 Å². The largest absolute Gasteiger partial charge is 1.00 e. The van der Waals surface area contributed by atoms with E-state index in [1.165, 1.54) is 12.8 Å². The van der Waals surface area contributed by atoms with Gasteiger partial charge in [0.1, 0.15) is 6.04 Å². The van der Waals surface area contributed by atoms with Crippen LogP contribution in [0, 0.1) is 19.7 Å². The van der Waals surface area contributed by atoms with Crippen LogP contribution in [0.4, 0.5) is 5.69 Å². The summed E-state index contributed by atoms with van der Waals surface area (Å²) in [5.74, 6) is -0.172. The van der Waals surface area contributed by atoms with Crippen molar-refractivity contribution in [1.82, 2.24) is 10.3 Å². The minimum Gasteiger partial charge on any atom is -0.560 e. The molecule has 0 radical (unpaired) electrons. The quantitative estimate of drug-likeness (QED) is 0.293. The van der Waals surface area contributed by atoms with Crippen molar-refractivity contribution in [2.75, 3.05) is 5.32 Å².